The van der Waals surface area contributed by atoms with Crippen LogP contribution in [0.1, 0.15) is 6.92 Å². The molecular formula is C21H23F3N6O2. The van der Waals surface area contributed by atoms with E-state index in [0.717, 1.165) is 13.1 Å². The molecule has 0 radical (unpaired) electrons. The van der Waals surface area contributed by atoms with Gasteiger partial charge in [0.15, 0.2) is 5.65 Å². The molecule has 1 amide bonds. The summed E-state index contributed by atoms with van der Waals surface area (Å²) in [7, 11) is 2.02. The Labute approximate surface area is 182 Å². The molecule has 1 saturated heterocycles. The number of amides is 1. The minimum Gasteiger partial charge on any atom is -0.406 e. The molecule has 1 aromatic carbocycles. The number of rotatable bonds is 5. The van der Waals surface area contributed by atoms with Gasteiger partial charge in [-0.05, 0) is 38.2 Å². The van der Waals surface area contributed by atoms with Crippen molar-refractivity contribution in [3.05, 3.63) is 42.9 Å². The topological polar surface area (TPSA) is 75.0 Å². The molecule has 0 aliphatic carbocycles. The number of carbonyl (C=O) groups excluding carboxylic acids is 1. The molecule has 1 aliphatic rings. The van der Waals surface area contributed by atoms with Gasteiger partial charge in [0.1, 0.15) is 23.3 Å². The van der Waals surface area contributed by atoms with Gasteiger partial charge in [-0.1, -0.05) is 0 Å². The van der Waals surface area contributed by atoms with E-state index in [4.69, 9.17) is 0 Å². The van der Waals surface area contributed by atoms with E-state index >= 15 is 0 Å². The highest BCUT2D eigenvalue weighted by Crippen LogP contribution is 2.31. The number of hydrogen-bond donors (Lipinski definition) is 1. The molecule has 0 spiro atoms. The first kappa shape index (κ1) is 21.9. The summed E-state index contributed by atoms with van der Waals surface area (Å²) in [5.74, 6) is 0.212. The number of anilines is 1. The van der Waals surface area contributed by atoms with E-state index in [0.29, 0.717) is 35.8 Å². The molecule has 3 heterocycles. The monoisotopic (exact) mass is 448 g/mol. The zero-order valence-corrected chi connectivity index (χ0v) is 17.6. The average Bonchev–Trinajstić information content (AvgIpc) is 3.11. The van der Waals surface area contributed by atoms with E-state index in [1.165, 1.54) is 24.3 Å². The second-order valence-corrected chi connectivity index (χ2v) is 7.68. The number of imidazole rings is 1. The number of ether oxygens (including phenoxy) is 1. The molecule has 4 rings (SSSR count). The highest BCUT2D eigenvalue weighted by Gasteiger charge is 2.31. The fourth-order valence-electron chi connectivity index (χ4n) is 3.63. The van der Waals surface area contributed by atoms with Gasteiger partial charge in [-0.3, -0.25) is 14.2 Å². The van der Waals surface area contributed by atoms with Gasteiger partial charge in [-0.25, -0.2) is 4.98 Å². The summed E-state index contributed by atoms with van der Waals surface area (Å²) in [4.78, 5) is 25.6. The smallest absolute Gasteiger partial charge is 0.406 e. The Hall–Kier alpha value is -3.34. The van der Waals surface area contributed by atoms with Crippen LogP contribution >= 0.6 is 0 Å². The molecule has 1 unspecified atom stereocenters. The van der Waals surface area contributed by atoms with Gasteiger partial charge >= 0.3 is 6.36 Å². The standard InChI is InChI=1S/C21H23F3N6O2/c1-14(20(31)29-11-9-28(2)10-12-29)26-19-18(27-17-13-25-7-8-30(17)19)15-3-5-16(6-4-15)32-21(22,23)24/h3-8,13-14,26H,9-12H2,1-2H3. The molecule has 2 aromatic heterocycles. The van der Waals surface area contributed by atoms with Crippen molar-refractivity contribution in [1.82, 2.24) is 24.2 Å². The van der Waals surface area contributed by atoms with Gasteiger partial charge in [-0.2, -0.15) is 0 Å². The van der Waals surface area contributed by atoms with Crippen molar-refractivity contribution in [2.75, 3.05) is 38.5 Å². The maximum atomic E-state index is 13.0. The van der Waals surface area contributed by atoms with Crippen LogP contribution in [0.2, 0.25) is 0 Å². The van der Waals surface area contributed by atoms with E-state index in [9.17, 15) is 18.0 Å². The van der Waals surface area contributed by atoms with E-state index < -0.39 is 12.4 Å². The largest absolute Gasteiger partial charge is 0.573 e. The molecule has 8 nitrogen and oxygen atoms in total. The molecule has 0 saturated carbocycles. The molecule has 170 valence electrons. The predicted octanol–water partition coefficient (Wildman–Crippen LogP) is 2.87. The quantitative estimate of drug-likeness (QED) is 0.647. The van der Waals surface area contributed by atoms with Gasteiger partial charge in [0.05, 0.1) is 6.20 Å². The van der Waals surface area contributed by atoms with Gasteiger partial charge in [-0.15, -0.1) is 13.2 Å². The summed E-state index contributed by atoms with van der Waals surface area (Å²) < 4.78 is 43.1. The summed E-state index contributed by atoms with van der Waals surface area (Å²) in [6.07, 6.45) is 0.115. The average molecular weight is 448 g/mol. The SMILES string of the molecule is CC(Nc1c(-c2ccc(OC(F)(F)F)cc2)nc2cnccn12)C(=O)N1CCN(C)CC1. The Balaban J connectivity index is 1.61. The predicted molar refractivity (Wildman–Crippen MR) is 112 cm³/mol. The summed E-state index contributed by atoms with van der Waals surface area (Å²) in [6.45, 7) is 4.73. The third kappa shape index (κ3) is 4.77. The number of alkyl halides is 3. The third-order valence-corrected chi connectivity index (χ3v) is 5.33. The second-order valence-electron chi connectivity index (χ2n) is 7.68. The summed E-state index contributed by atoms with van der Waals surface area (Å²) in [6, 6.07) is 4.92. The number of likely N-dealkylation sites (N-methyl/N-ethyl adjacent to an activating group) is 1. The lowest BCUT2D eigenvalue weighted by Gasteiger charge is -2.34. The lowest BCUT2D eigenvalue weighted by molar-refractivity contribution is -0.274. The zero-order valence-electron chi connectivity index (χ0n) is 17.6. The molecular weight excluding hydrogens is 425 g/mol. The second kappa shape index (κ2) is 8.65. The van der Waals surface area contributed by atoms with Gasteiger partial charge in [0.25, 0.3) is 0 Å². The Morgan fingerprint density at radius 1 is 1.16 bits per heavy atom. The Morgan fingerprint density at radius 2 is 1.84 bits per heavy atom. The van der Waals surface area contributed by atoms with Gasteiger partial charge in [0, 0.05) is 44.1 Å². The third-order valence-electron chi connectivity index (χ3n) is 5.33. The van der Waals surface area contributed by atoms with Crippen LogP contribution in [0.5, 0.6) is 5.75 Å². The molecule has 1 fully saturated rings. The first-order valence-electron chi connectivity index (χ1n) is 10.1. The maximum absolute atomic E-state index is 13.0. The van der Waals surface area contributed by atoms with Crippen molar-refractivity contribution >= 4 is 17.4 Å². The fourth-order valence-corrected chi connectivity index (χ4v) is 3.63. The Morgan fingerprint density at radius 3 is 2.50 bits per heavy atom. The Bertz CT molecular complexity index is 1090. The number of hydrogen-bond acceptors (Lipinski definition) is 6. The normalized spacial score (nSPS) is 16.2. The van der Waals surface area contributed by atoms with Crippen molar-refractivity contribution < 1.29 is 22.7 Å². The van der Waals surface area contributed by atoms with Crippen molar-refractivity contribution in [2.45, 2.75) is 19.3 Å². The van der Waals surface area contributed by atoms with Crippen molar-refractivity contribution in [3.8, 4) is 17.0 Å². The van der Waals surface area contributed by atoms with E-state index in [-0.39, 0.29) is 11.7 Å². The zero-order chi connectivity index (χ0) is 22.9. The molecule has 1 aliphatic heterocycles. The van der Waals surface area contributed by atoms with E-state index in [1.54, 1.807) is 29.9 Å². The molecule has 1 atom stereocenters. The molecule has 11 heteroatoms. The number of fused-ring (bicyclic) bond motifs is 1. The highest BCUT2D eigenvalue weighted by atomic mass is 19.4. The van der Waals surface area contributed by atoms with Crippen LogP contribution in [0.3, 0.4) is 0 Å². The molecule has 1 N–H and O–H groups in total. The van der Waals surface area contributed by atoms with Crippen LogP contribution in [-0.2, 0) is 4.79 Å². The molecule has 32 heavy (non-hydrogen) atoms. The van der Waals surface area contributed by atoms with Crippen LogP contribution in [0, 0.1) is 0 Å². The number of aromatic nitrogens is 3. The number of carbonyl (C=O) groups is 1. The van der Waals surface area contributed by atoms with Crippen molar-refractivity contribution in [3.63, 3.8) is 0 Å². The number of piperazine rings is 1. The van der Waals surface area contributed by atoms with Crippen LogP contribution < -0.4 is 10.1 Å². The maximum Gasteiger partial charge on any atom is 0.573 e. The van der Waals surface area contributed by atoms with Crippen LogP contribution in [0.4, 0.5) is 19.0 Å². The van der Waals surface area contributed by atoms with Crippen molar-refractivity contribution in [2.24, 2.45) is 0 Å². The van der Waals surface area contributed by atoms with Crippen molar-refractivity contribution in [1.29, 1.82) is 0 Å². The highest BCUT2D eigenvalue weighted by molar-refractivity contribution is 5.86. The summed E-state index contributed by atoms with van der Waals surface area (Å²) in [5.41, 5.74) is 1.61. The van der Waals surface area contributed by atoms with E-state index in [1.807, 2.05) is 11.9 Å². The van der Waals surface area contributed by atoms with Gasteiger partial charge < -0.3 is 19.9 Å². The van der Waals surface area contributed by atoms with Gasteiger partial charge in [0.2, 0.25) is 5.91 Å². The van der Waals surface area contributed by atoms with Crippen LogP contribution in [0.15, 0.2) is 42.9 Å². The molecule has 3 aromatic rings. The summed E-state index contributed by atoms with van der Waals surface area (Å²) in [5, 5.41) is 3.25. The fraction of sp³-hybridized carbons (Fsp3) is 0.381. The minimum absolute atomic E-state index is 0.0259. The first-order chi connectivity index (χ1) is 15.2. The minimum atomic E-state index is -4.76. The summed E-state index contributed by atoms with van der Waals surface area (Å²) >= 11 is 0. The van der Waals surface area contributed by atoms with Crippen LogP contribution in [-0.4, -0.2) is 75.7 Å². The molecule has 0 bridgehead atoms. The number of nitrogens with one attached hydrogen (secondary N) is 1. The van der Waals surface area contributed by atoms with Crippen LogP contribution in [0.25, 0.3) is 16.9 Å². The van der Waals surface area contributed by atoms with E-state index in [2.05, 4.69) is 24.9 Å². The first-order valence-corrected chi connectivity index (χ1v) is 10.1. The lowest BCUT2D eigenvalue weighted by atomic mass is 10.1. The number of benzene rings is 1. The lowest BCUT2D eigenvalue weighted by Crippen LogP contribution is -2.51. The Kier molecular flexibility index (Phi) is 5.92. The number of halogens is 3. The number of nitrogens with zero attached hydrogens (tertiary/aromatic N) is 5.